The fraction of sp³-hybridized carbons (Fsp3) is 0.276. The molecule has 0 saturated heterocycles. The summed E-state index contributed by atoms with van der Waals surface area (Å²) < 4.78 is 5.72. The van der Waals surface area contributed by atoms with Crippen LogP contribution < -0.4 is 10.1 Å². The minimum absolute atomic E-state index is 0.00385. The van der Waals surface area contributed by atoms with Gasteiger partial charge in [-0.25, -0.2) is 4.98 Å². The van der Waals surface area contributed by atoms with Gasteiger partial charge in [-0.1, -0.05) is 29.9 Å². The van der Waals surface area contributed by atoms with Crippen LogP contribution in [0.15, 0.2) is 41.6 Å². The largest absolute Gasteiger partial charge is 0.619 e. The van der Waals surface area contributed by atoms with E-state index in [0.29, 0.717) is 15.5 Å². The normalized spacial score (nSPS) is 18.0. The van der Waals surface area contributed by atoms with Crippen molar-refractivity contribution in [3.05, 3.63) is 75.1 Å². The number of aromatic nitrogens is 1. The molecule has 0 saturated carbocycles. The Labute approximate surface area is 248 Å². The van der Waals surface area contributed by atoms with Crippen LogP contribution in [-0.2, 0) is 17.6 Å². The summed E-state index contributed by atoms with van der Waals surface area (Å²) in [6.45, 7) is 5.36. The highest BCUT2D eigenvalue weighted by Crippen LogP contribution is 2.48. The van der Waals surface area contributed by atoms with Crippen LogP contribution in [0.5, 0.6) is 17.2 Å². The molecule has 0 aliphatic heterocycles. The highest BCUT2D eigenvalue weighted by Gasteiger charge is 2.45. The number of phenols is 2. The Morgan fingerprint density at radius 1 is 1.17 bits per heavy atom. The number of amides is 1. The van der Waals surface area contributed by atoms with Gasteiger partial charge < -0.3 is 30.6 Å². The summed E-state index contributed by atoms with van der Waals surface area (Å²) in [5.74, 6) is -2.80. The van der Waals surface area contributed by atoms with E-state index in [4.69, 9.17) is 4.74 Å². The van der Waals surface area contributed by atoms with E-state index >= 15 is 0 Å². The van der Waals surface area contributed by atoms with Crippen LogP contribution in [0.25, 0.3) is 0 Å². The van der Waals surface area contributed by atoms with Crippen LogP contribution in [-0.4, -0.2) is 73.7 Å². The number of ketones is 2. The van der Waals surface area contributed by atoms with Crippen LogP contribution in [0.4, 0.5) is 5.69 Å². The average Bonchev–Trinajstić information content (AvgIpc) is 2.98. The van der Waals surface area contributed by atoms with Gasteiger partial charge in [-0.3, -0.25) is 14.4 Å². The van der Waals surface area contributed by atoms with Gasteiger partial charge in [0.1, 0.15) is 40.8 Å². The minimum Gasteiger partial charge on any atom is -0.619 e. The van der Waals surface area contributed by atoms with Crippen LogP contribution in [0.1, 0.15) is 56.3 Å². The predicted molar refractivity (Wildman–Crippen MR) is 157 cm³/mol. The lowest BCUT2D eigenvalue weighted by Crippen LogP contribution is -2.51. The number of benzene rings is 2. The summed E-state index contributed by atoms with van der Waals surface area (Å²) in [5, 5.41) is 48.2. The first kappa shape index (κ1) is 29.4. The standard InChI is InChI=1S/C29H27N3O8S2/c1-14(41-42-20-8-7-15(13-30-20)32(2)39)12-31-28(37)29(38)10-9-16-18(11-29)26(35)22-23(24(16)33)27(36)21-17(25(22)34)5-4-6-19(21)40-3/h4-8,13-14,33,35,38H,2,9-12H2,1,3H3,(H,31,37)/t14?,29-/m1/s1. The molecule has 5 rings (SSSR count). The van der Waals surface area contributed by atoms with Crippen LogP contribution in [0.2, 0.25) is 0 Å². The van der Waals surface area contributed by atoms with E-state index in [0.717, 1.165) is 0 Å². The number of ether oxygens (including phenoxy) is 1. The fourth-order valence-corrected chi connectivity index (χ4v) is 7.07. The molecule has 13 heteroatoms. The molecule has 218 valence electrons. The average molecular weight is 610 g/mol. The maximum absolute atomic E-state index is 13.4. The fourth-order valence-electron chi connectivity index (χ4n) is 5.15. The monoisotopic (exact) mass is 609 g/mol. The molecule has 2 aromatic carbocycles. The minimum atomic E-state index is -1.92. The van der Waals surface area contributed by atoms with Gasteiger partial charge >= 0.3 is 0 Å². The molecule has 3 aromatic rings. The third kappa shape index (κ3) is 5.08. The van der Waals surface area contributed by atoms with Gasteiger partial charge in [-0.2, -0.15) is 4.74 Å². The quantitative estimate of drug-likeness (QED) is 0.0577. The second-order valence-electron chi connectivity index (χ2n) is 10.1. The lowest BCUT2D eigenvalue weighted by molar-refractivity contribution is -0.350. The van der Waals surface area contributed by atoms with E-state index in [1.165, 1.54) is 47.0 Å². The van der Waals surface area contributed by atoms with Crippen LogP contribution in [0.3, 0.4) is 0 Å². The van der Waals surface area contributed by atoms with Crippen LogP contribution >= 0.6 is 21.6 Å². The molecule has 4 N–H and O–H groups in total. The Bertz CT molecular complexity index is 1640. The smallest absolute Gasteiger partial charge is 0.252 e. The number of hydrogen-bond acceptors (Lipinski definition) is 11. The molecule has 1 amide bonds. The van der Waals surface area contributed by atoms with Crippen molar-refractivity contribution in [2.45, 2.75) is 42.1 Å². The zero-order valence-corrected chi connectivity index (χ0v) is 24.3. The van der Waals surface area contributed by atoms with Gasteiger partial charge in [0.25, 0.3) is 5.91 Å². The van der Waals surface area contributed by atoms with Gasteiger partial charge in [-0.05, 0) is 35.8 Å². The second-order valence-corrected chi connectivity index (χ2v) is 12.7. The molecular weight excluding hydrogens is 582 g/mol. The highest BCUT2D eigenvalue weighted by molar-refractivity contribution is 8.76. The molecular formula is C29H27N3O8S2. The topological polar surface area (TPSA) is 172 Å². The lowest BCUT2D eigenvalue weighted by Gasteiger charge is -2.34. The Morgan fingerprint density at radius 2 is 1.88 bits per heavy atom. The summed E-state index contributed by atoms with van der Waals surface area (Å²) in [6, 6.07) is 7.79. The first-order valence-corrected chi connectivity index (χ1v) is 15.1. The van der Waals surface area contributed by atoms with Crippen LogP contribution in [0, 0.1) is 5.21 Å². The summed E-state index contributed by atoms with van der Waals surface area (Å²) in [5.41, 5.74) is -1.97. The first-order valence-electron chi connectivity index (χ1n) is 12.9. The third-order valence-electron chi connectivity index (χ3n) is 7.37. The van der Waals surface area contributed by atoms with Gasteiger partial charge in [0.05, 0.1) is 23.8 Å². The highest BCUT2D eigenvalue weighted by atomic mass is 33.1. The number of fused-ring (bicyclic) bond motifs is 3. The zero-order chi connectivity index (χ0) is 30.3. The Morgan fingerprint density at radius 3 is 2.55 bits per heavy atom. The SMILES string of the molecule is C=[N+]([O-])c1ccc(SSC(C)CNC(=O)[C@@]2(O)CCc3c(O)c4c(c(O)c3C2)C(=O)c2cccc(OC)c2C4=O)nc1. The molecule has 0 radical (unpaired) electrons. The molecule has 11 nitrogen and oxygen atoms in total. The van der Waals surface area contributed by atoms with Crippen molar-refractivity contribution in [1.82, 2.24) is 10.3 Å². The molecule has 0 bridgehead atoms. The second kappa shape index (κ2) is 11.3. The Hall–Kier alpha value is -4.07. The number of aliphatic hydroxyl groups is 1. The molecule has 0 spiro atoms. The van der Waals surface area contributed by atoms with Crippen molar-refractivity contribution in [3.8, 4) is 17.2 Å². The summed E-state index contributed by atoms with van der Waals surface area (Å²) in [6.07, 6.45) is 0.968. The Balaban J connectivity index is 1.31. The number of phenolic OH excluding ortho intramolecular Hbond substituents is 2. The van der Waals surface area contributed by atoms with Crippen molar-refractivity contribution in [2.75, 3.05) is 13.7 Å². The Kier molecular flexibility index (Phi) is 7.92. The van der Waals surface area contributed by atoms with Crippen molar-refractivity contribution in [3.63, 3.8) is 0 Å². The summed E-state index contributed by atoms with van der Waals surface area (Å²) >= 11 is 0. The number of nitrogens with zero attached hydrogens (tertiary/aromatic N) is 2. The van der Waals surface area contributed by atoms with E-state index in [-0.39, 0.29) is 70.2 Å². The van der Waals surface area contributed by atoms with Crippen molar-refractivity contribution in [2.24, 2.45) is 0 Å². The van der Waals surface area contributed by atoms with Crippen molar-refractivity contribution >= 4 is 51.5 Å². The van der Waals surface area contributed by atoms with E-state index in [2.05, 4.69) is 17.0 Å². The number of aromatic hydroxyl groups is 2. The van der Waals surface area contributed by atoms with Gasteiger partial charge in [-0.15, -0.1) is 0 Å². The van der Waals surface area contributed by atoms with Crippen molar-refractivity contribution < 1.29 is 39.2 Å². The maximum Gasteiger partial charge on any atom is 0.252 e. The lowest BCUT2D eigenvalue weighted by atomic mass is 9.74. The van der Waals surface area contributed by atoms with Gasteiger partial charge in [0.2, 0.25) is 11.5 Å². The van der Waals surface area contributed by atoms with E-state index in [9.17, 15) is 34.9 Å². The number of nitrogens with one attached hydrogen (secondary N) is 1. The molecule has 1 aromatic heterocycles. The number of hydrogen-bond donors (Lipinski definition) is 4. The maximum atomic E-state index is 13.4. The number of pyridine rings is 1. The first-order chi connectivity index (χ1) is 20.0. The molecule has 42 heavy (non-hydrogen) atoms. The molecule has 0 fully saturated rings. The summed E-state index contributed by atoms with van der Waals surface area (Å²) in [7, 11) is 4.16. The zero-order valence-electron chi connectivity index (χ0n) is 22.7. The number of carbonyl (C=O) groups is 3. The molecule has 2 aliphatic carbocycles. The molecule has 1 heterocycles. The van der Waals surface area contributed by atoms with Crippen molar-refractivity contribution in [1.29, 1.82) is 0 Å². The molecule has 1 unspecified atom stereocenters. The molecule has 2 atom stereocenters. The van der Waals surface area contributed by atoms with E-state index in [1.807, 2.05) is 6.92 Å². The van der Waals surface area contributed by atoms with Gasteiger partial charge in [0.15, 0.2) is 5.78 Å². The van der Waals surface area contributed by atoms with E-state index < -0.39 is 34.6 Å². The summed E-state index contributed by atoms with van der Waals surface area (Å²) in [4.78, 5) is 44.2. The third-order valence-corrected chi connectivity index (χ3v) is 10.2. The predicted octanol–water partition coefficient (Wildman–Crippen LogP) is 3.28. The van der Waals surface area contributed by atoms with Gasteiger partial charge in [0, 0.05) is 41.0 Å². The molecule has 2 aliphatic rings. The van der Waals surface area contributed by atoms with E-state index in [1.54, 1.807) is 18.2 Å². The number of rotatable bonds is 8. The number of methoxy groups -OCH3 is 1. The number of carbonyl (C=O) groups excluding carboxylic acids is 3.